The fourth-order valence-electron chi connectivity index (χ4n) is 5.13. The Bertz CT molecular complexity index is 1170. The number of nitrogens with zero attached hydrogens (tertiary/aromatic N) is 3. The minimum atomic E-state index is -0.870. The number of carbonyl (C=O) groups excluding carboxylic acids is 2. The third kappa shape index (κ3) is 4.78. The van der Waals surface area contributed by atoms with Crippen molar-refractivity contribution in [2.75, 3.05) is 39.1 Å². The molecule has 1 saturated heterocycles. The van der Waals surface area contributed by atoms with Gasteiger partial charge in [-0.3, -0.25) is 9.59 Å². The molecule has 3 amide bonds. The van der Waals surface area contributed by atoms with Crippen LogP contribution in [0.1, 0.15) is 18.2 Å². The van der Waals surface area contributed by atoms with Gasteiger partial charge < -0.3 is 30.1 Å². The van der Waals surface area contributed by atoms with E-state index in [1.807, 2.05) is 19.0 Å². The molecule has 3 N–H and O–H groups in total. The molecule has 2 aliphatic rings. The largest absolute Gasteiger partial charge is 0.396 e. The molecule has 0 saturated carbocycles. The molecular weight excluding hydrogens is 460 g/mol. The zero-order chi connectivity index (χ0) is 25.3. The van der Waals surface area contributed by atoms with Gasteiger partial charge in [0, 0.05) is 43.4 Å². The van der Waals surface area contributed by atoms with Gasteiger partial charge in [0.1, 0.15) is 11.6 Å². The van der Waals surface area contributed by atoms with Crippen molar-refractivity contribution in [1.29, 1.82) is 0 Å². The highest BCUT2D eigenvalue weighted by molar-refractivity contribution is 5.92. The summed E-state index contributed by atoms with van der Waals surface area (Å²) in [6, 6.07) is 5.01. The zero-order valence-electron chi connectivity index (χ0n) is 19.6. The van der Waals surface area contributed by atoms with Crippen molar-refractivity contribution in [1.82, 2.24) is 19.7 Å². The quantitative estimate of drug-likeness (QED) is 0.510. The summed E-state index contributed by atoms with van der Waals surface area (Å²) in [6.07, 6.45) is 0.711. The smallest absolute Gasteiger partial charge is 0.322 e. The van der Waals surface area contributed by atoms with E-state index in [9.17, 15) is 28.3 Å². The Kier molecular flexibility index (Phi) is 7.18. The molecule has 0 aliphatic carbocycles. The highest BCUT2D eigenvalue weighted by atomic mass is 19.1. The number of nitrogens with one attached hydrogen (secondary N) is 2. The number of aliphatic hydroxyl groups excluding tert-OH is 1. The van der Waals surface area contributed by atoms with E-state index in [4.69, 9.17) is 0 Å². The number of rotatable bonds is 7. The lowest BCUT2D eigenvalue weighted by Crippen LogP contribution is -2.50. The predicted octanol–water partition coefficient (Wildman–Crippen LogP) is 1.39. The van der Waals surface area contributed by atoms with Gasteiger partial charge in [-0.05, 0) is 45.3 Å². The molecule has 11 heteroatoms. The Morgan fingerprint density at radius 2 is 1.97 bits per heavy atom. The van der Waals surface area contributed by atoms with Gasteiger partial charge in [-0.25, -0.2) is 13.6 Å². The van der Waals surface area contributed by atoms with Crippen LogP contribution >= 0.6 is 0 Å². The maximum Gasteiger partial charge on any atom is 0.322 e. The number of hydrogen-bond acceptors (Lipinski definition) is 5. The number of carbonyl (C=O) groups is 2. The van der Waals surface area contributed by atoms with Crippen LogP contribution < -0.4 is 16.2 Å². The average Bonchev–Trinajstić information content (AvgIpc) is 3.06. The van der Waals surface area contributed by atoms with Gasteiger partial charge in [-0.15, -0.1) is 0 Å². The number of urea groups is 1. The summed E-state index contributed by atoms with van der Waals surface area (Å²) < 4.78 is 29.4. The third-order valence-electron chi connectivity index (χ3n) is 6.71. The maximum absolute atomic E-state index is 14.2. The van der Waals surface area contributed by atoms with E-state index in [1.165, 1.54) is 15.5 Å². The van der Waals surface area contributed by atoms with E-state index in [2.05, 4.69) is 10.6 Å². The Morgan fingerprint density at radius 3 is 2.69 bits per heavy atom. The molecule has 1 aromatic heterocycles. The molecule has 1 aromatic carbocycles. The van der Waals surface area contributed by atoms with Gasteiger partial charge in [-0.1, -0.05) is 6.07 Å². The van der Waals surface area contributed by atoms with Gasteiger partial charge in [0.2, 0.25) is 5.91 Å². The highest BCUT2D eigenvalue weighted by Gasteiger charge is 2.57. The van der Waals surface area contributed by atoms with Gasteiger partial charge >= 0.3 is 6.03 Å². The van der Waals surface area contributed by atoms with Crippen molar-refractivity contribution >= 4 is 17.6 Å². The standard InChI is InChI=1S/C24H29F2N5O4/c1-29(2)10-4-9-27-23(34)21-15(13-32)19-12-30-18(5-3-6-20(30)33)22(21)31(19)24(35)28-17-11-14(25)7-8-16(17)26/h3,5-8,11,15,19,21-22,32H,4,9-10,12-13H2,1-2H3,(H,27,34)(H,28,35)/t15-,19-,21+,22+/m1/s1. The summed E-state index contributed by atoms with van der Waals surface area (Å²) in [5, 5.41) is 15.6. The van der Waals surface area contributed by atoms with Crippen LogP contribution in [-0.2, 0) is 11.3 Å². The van der Waals surface area contributed by atoms with E-state index >= 15 is 0 Å². The Morgan fingerprint density at radius 1 is 1.20 bits per heavy atom. The van der Waals surface area contributed by atoms with Crippen LogP contribution in [0, 0.1) is 23.5 Å². The lowest BCUT2D eigenvalue weighted by atomic mass is 9.86. The second-order valence-corrected chi connectivity index (χ2v) is 9.19. The van der Waals surface area contributed by atoms with Crippen molar-refractivity contribution in [3.63, 3.8) is 0 Å². The number of fused-ring (bicyclic) bond motifs is 4. The number of amides is 3. The Hall–Kier alpha value is -3.31. The van der Waals surface area contributed by atoms with Crippen LogP contribution in [0.2, 0.25) is 0 Å². The first-order valence-electron chi connectivity index (χ1n) is 11.5. The fourth-order valence-corrected chi connectivity index (χ4v) is 5.13. The lowest BCUT2D eigenvalue weighted by Gasteiger charge is -2.38. The molecule has 9 nitrogen and oxygen atoms in total. The van der Waals surface area contributed by atoms with Crippen LogP contribution in [0.25, 0.3) is 0 Å². The Balaban J connectivity index is 1.68. The topological polar surface area (TPSA) is 107 Å². The molecule has 4 atom stereocenters. The molecular formula is C24H29F2N5O4. The molecule has 35 heavy (non-hydrogen) atoms. The number of pyridine rings is 1. The molecule has 188 valence electrons. The maximum atomic E-state index is 14.2. The molecule has 0 unspecified atom stereocenters. The van der Waals surface area contributed by atoms with Crippen LogP contribution in [0.4, 0.5) is 19.3 Å². The van der Waals surface area contributed by atoms with E-state index in [0.29, 0.717) is 18.7 Å². The molecule has 3 heterocycles. The monoisotopic (exact) mass is 489 g/mol. The molecule has 2 bridgehead atoms. The summed E-state index contributed by atoms with van der Waals surface area (Å²) >= 11 is 0. The summed E-state index contributed by atoms with van der Waals surface area (Å²) in [5.41, 5.74) is -0.166. The van der Waals surface area contributed by atoms with Crippen LogP contribution in [0.5, 0.6) is 0 Å². The van der Waals surface area contributed by atoms with Crippen molar-refractivity contribution in [3.8, 4) is 0 Å². The van der Waals surface area contributed by atoms with E-state index in [1.54, 1.807) is 12.1 Å². The molecule has 0 radical (unpaired) electrons. The number of halogens is 2. The molecule has 2 aliphatic heterocycles. The second-order valence-electron chi connectivity index (χ2n) is 9.19. The number of aromatic nitrogens is 1. The van der Waals surface area contributed by atoms with Gasteiger partial charge in [0.15, 0.2) is 0 Å². The van der Waals surface area contributed by atoms with Crippen molar-refractivity contribution in [2.24, 2.45) is 11.8 Å². The molecule has 4 rings (SSSR count). The van der Waals surface area contributed by atoms with Crippen molar-refractivity contribution < 1.29 is 23.5 Å². The SMILES string of the molecule is CN(C)CCCNC(=O)[C@H]1[C@H](CO)[C@H]2Cn3c(cccc3=O)[C@@H]1N2C(=O)Nc1cc(F)ccc1F. The highest BCUT2D eigenvalue weighted by Crippen LogP contribution is 2.48. The lowest BCUT2D eigenvalue weighted by molar-refractivity contribution is -0.127. The van der Waals surface area contributed by atoms with Gasteiger partial charge in [-0.2, -0.15) is 0 Å². The van der Waals surface area contributed by atoms with Crippen LogP contribution in [-0.4, -0.2) is 71.2 Å². The zero-order valence-corrected chi connectivity index (χ0v) is 19.6. The van der Waals surface area contributed by atoms with E-state index < -0.39 is 48.2 Å². The number of anilines is 1. The number of aliphatic hydroxyl groups is 1. The first kappa shape index (κ1) is 24.8. The minimum absolute atomic E-state index is 0.0696. The summed E-state index contributed by atoms with van der Waals surface area (Å²) in [7, 11) is 3.85. The first-order chi connectivity index (χ1) is 16.7. The molecule has 1 fully saturated rings. The number of benzene rings is 1. The van der Waals surface area contributed by atoms with Crippen molar-refractivity contribution in [3.05, 3.63) is 64.1 Å². The second kappa shape index (κ2) is 10.1. The summed E-state index contributed by atoms with van der Waals surface area (Å²) in [6.45, 7) is 0.857. The van der Waals surface area contributed by atoms with Crippen LogP contribution in [0.3, 0.4) is 0 Å². The summed E-state index contributed by atoms with van der Waals surface area (Å²) in [4.78, 5) is 42.6. The van der Waals surface area contributed by atoms with Gasteiger partial charge in [0.05, 0.1) is 23.7 Å². The van der Waals surface area contributed by atoms with Crippen molar-refractivity contribution in [2.45, 2.75) is 25.0 Å². The Labute approximate surface area is 201 Å². The van der Waals surface area contributed by atoms with E-state index in [0.717, 1.165) is 24.7 Å². The minimum Gasteiger partial charge on any atom is -0.396 e. The van der Waals surface area contributed by atoms with Crippen LogP contribution in [0.15, 0.2) is 41.2 Å². The predicted molar refractivity (Wildman–Crippen MR) is 125 cm³/mol. The fraction of sp³-hybridized carbons (Fsp3) is 0.458. The van der Waals surface area contributed by atoms with E-state index in [-0.39, 0.29) is 23.7 Å². The third-order valence-corrected chi connectivity index (χ3v) is 6.71. The van der Waals surface area contributed by atoms with Gasteiger partial charge in [0.25, 0.3) is 5.56 Å². The number of hydrogen-bond donors (Lipinski definition) is 3. The molecule has 2 aromatic rings. The average molecular weight is 490 g/mol. The summed E-state index contributed by atoms with van der Waals surface area (Å²) in [5.74, 6) is -3.35. The first-order valence-corrected chi connectivity index (χ1v) is 11.5. The molecule has 0 spiro atoms. The normalized spacial score (nSPS) is 22.7.